The first kappa shape index (κ1) is 36.0. The largest absolute Gasteiger partial charge is 0.508 e. The number of benzene rings is 4. The summed E-state index contributed by atoms with van der Waals surface area (Å²) in [5, 5.41) is 138. The summed E-state index contributed by atoms with van der Waals surface area (Å²) in [5.41, 5.74) is -0.0891. The van der Waals surface area contributed by atoms with Crippen LogP contribution in [0.15, 0.2) is 54.6 Å². The quantitative estimate of drug-likeness (QED) is 0.122. The van der Waals surface area contributed by atoms with E-state index in [1.54, 1.807) is 0 Å². The van der Waals surface area contributed by atoms with Gasteiger partial charge in [-0.15, -0.1) is 0 Å². The predicted molar refractivity (Wildman–Crippen MR) is 176 cm³/mol. The highest BCUT2D eigenvalue weighted by Crippen LogP contribution is 2.58. The zero-order chi connectivity index (χ0) is 38.0. The molecule has 3 aliphatic heterocycles. The van der Waals surface area contributed by atoms with Gasteiger partial charge >= 0.3 is 0 Å². The standard InChI is InChI=1S/C36H36O17/c37-11-25-29(47)30(48)31(49)36(51-25)53-35-28(26-21(44)7-14(38)8-24(26)50-33(35)13-2-4-17(40)20(43)6-13)27-22(45)10-18(41)15-9-23(46)32(52-34(15)27)12-1-3-16(39)19(42)5-12/h1-8,10,23,25,28-33,35-49H,9,11H2/t23-,25+,28-,29+,30-,31+,32+,33+,35-,36-/m0/s1. The van der Waals surface area contributed by atoms with Crippen molar-refractivity contribution in [3.8, 4) is 57.5 Å². The van der Waals surface area contributed by atoms with Crippen LogP contribution in [0.2, 0.25) is 0 Å². The van der Waals surface area contributed by atoms with E-state index in [1.807, 2.05) is 0 Å². The molecule has 3 aliphatic rings. The van der Waals surface area contributed by atoms with Crippen molar-refractivity contribution < 1.29 is 85.3 Å². The Bertz CT molecular complexity index is 2030. The molecule has 0 aromatic heterocycles. The van der Waals surface area contributed by atoms with Gasteiger partial charge in [0, 0.05) is 41.3 Å². The van der Waals surface area contributed by atoms with Crippen molar-refractivity contribution in [1.29, 1.82) is 0 Å². The molecule has 0 saturated carbocycles. The maximum absolute atomic E-state index is 11.7. The third-order valence-electron chi connectivity index (χ3n) is 9.79. The number of fused-ring (bicyclic) bond motifs is 2. The van der Waals surface area contributed by atoms with Crippen LogP contribution < -0.4 is 9.47 Å². The summed E-state index contributed by atoms with van der Waals surface area (Å²) in [6.07, 6.45) is -14.9. The summed E-state index contributed by atoms with van der Waals surface area (Å²) in [6, 6.07) is 10.3. The van der Waals surface area contributed by atoms with Crippen molar-refractivity contribution in [2.75, 3.05) is 6.61 Å². The fraction of sp³-hybridized carbons (Fsp3) is 0.333. The first-order chi connectivity index (χ1) is 25.2. The molecule has 0 spiro atoms. The molecule has 1 saturated heterocycles. The van der Waals surface area contributed by atoms with Gasteiger partial charge in [0.1, 0.15) is 71.1 Å². The Morgan fingerprint density at radius 1 is 0.604 bits per heavy atom. The molecule has 13 N–H and O–H groups in total. The second kappa shape index (κ2) is 13.5. The minimum absolute atomic E-state index is 0.0127. The number of hydrogen-bond acceptors (Lipinski definition) is 17. The van der Waals surface area contributed by atoms with E-state index in [2.05, 4.69) is 0 Å². The third-order valence-corrected chi connectivity index (χ3v) is 9.79. The lowest BCUT2D eigenvalue weighted by atomic mass is 9.77. The average Bonchev–Trinajstić information content (AvgIpc) is 3.11. The number of aromatic hydroxyl groups is 8. The molecule has 17 heteroatoms. The van der Waals surface area contributed by atoms with Crippen LogP contribution in [0.1, 0.15) is 45.9 Å². The molecule has 7 rings (SSSR count). The van der Waals surface area contributed by atoms with Crippen LogP contribution in [0, 0.1) is 0 Å². The minimum Gasteiger partial charge on any atom is -0.508 e. The summed E-state index contributed by atoms with van der Waals surface area (Å²) >= 11 is 0. The first-order valence-corrected chi connectivity index (χ1v) is 16.3. The van der Waals surface area contributed by atoms with Gasteiger partial charge in [-0.25, -0.2) is 0 Å². The first-order valence-electron chi connectivity index (χ1n) is 16.3. The molecule has 3 heterocycles. The Hall–Kier alpha value is -5.40. The number of aliphatic hydroxyl groups is 5. The number of phenols is 8. The fourth-order valence-corrected chi connectivity index (χ4v) is 7.17. The summed E-state index contributed by atoms with van der Waals surface area (Å²) in [7, 11) is 0. The number of ether oxygens (including phenoxy) is 4. The van der Waals surface area contributed by atoms with Crippen molar-refractivity contribution in [3.05, 3.63) is 82.4 Å². The van der Waals surface area contributed by atoms with Crippen molar-refractivity contribution in [2.24, 2.45) is 0 Å². The molecule has 4 aromatic carbocycles. The Balaban J connectivity index is 1.46. The molecule has 4 aromatic rings. The van der Waals surface area contributed by atoms with E-state index in [0.29, 0.717) is 0 Å². The SMILES string of the molecule is OC[C@H]1O[C@@H](O[C@H]2[C@H](c3c(O)cc(O)c4c3O[C@H](c3ccc(O)c(O)c3)[C@@H](O)C4)c3c(O)cc(O)cc3O[C@@H]2c2ccc(O)c(O)c2)[C@H](O)[C@@H](O)[C@@H]1O. The van der Waals surface area contributed by atoms with Gasteiger partial charge in [0.05, 0.1) is 18.6 Å². The Kier molecular flexibility index (Phi) is 9.19. The van der Waals surface area contributed by atoms with Crippen molar-refractivity contribution in [2.45, 2.75) is 67.5 Å². The predicted octanol–water partition coefficient (Wildman–Crippen LogP) is 0.819. The molecule has 0 radical (unpaired) electrons. The summed E-state index contributed by atoms with van der Waals surface area (Å²) in [4.78, 5) is 0. The second-order valence-corrected chi connectivity index (χ2v) is 13.1. The molecule has 0 unspecified atom stereocenters. The lowest BCUT2D eigenvalue weighted by Crippen LogP contribution is -2.60. The van der Waals surface area contributed by atoms with Crippen LogP contribution in [0.3, 0.4) is 0 Å². The van der Waals surface area contributed by atoms with Crippen LogP contribution in [0.5, 0.6) is 57.5 Å². The van der Waals surface area contributed by atoms with Gasteiger partial charge in [-0.05, 0) is 35.4 Å². The second-order valence-electron chi connectivity index (χ2n) is 13.1. The highest BCUT2D eigenvalue weighted by Gasteiger charge is 2.52. The number of rotatable bonds is 6. The summed E-state index contributed by atoms with van der Waals surface area (Å²) in [5.74, 6) is -6.21. The number of aliphatic hydroxyl groups excluding tert-OH is 5. The zero-order valence-corrected chi connectivity index (χ0v) is 27.3. The van der Waals surface area contributed by atoms with Crippen LogP contribution >= 0.6 is 0 Å². The maximum atomic E-state index is 11.7. The maximum Gasteiger partial charge on any atom is 0.187 e. The van der Waals surface area contributed by atoms with E-state index >= 15 is 0 Å². The average molecular weight is 741 g/mol. The Labute approximate surface area is 299 Å². The zero-order valence-electron chi connectivity index (χ0n) is 27.3. The molecular formula is C36H36O17. The van der Waals surface area contributed by atoms with Crippen molar-refractivity contribution in [3.63, 3.8) is 0 Å². The van der Waals surface area contributed by atoms with Gasteiger partial charge in [-0.3, -0.25) is 0 Å². The highest BCUT2D eigenvalue weighted by molar-refractivity contribution is 5.66. The molecule has 282 valence electrons. The molecular weight excluding hydrogens is 704 g/mol. The Morgan fingerprint density at radius 2 is 1.23 bits per heavy atom. The minimum atomic E-state index is -1.96. The van der Waals surface area contributed by atoms with E-state index in [-0.39, 0.29) is 45.7 Å². The fourth-order valence-electron chi connectivity index (χ4n) is 7.17. The summed E-state index contributed by atoms with van der Waals surface area (Å²) in [6.45, 7) is -0.815. The molecule has 0 amide bonds. The Morgan fingerprint density at radius 3 is 1.85 bits per heavy atom. The molecule has 1 fully saturated rings. The normalized spacial score (nSPS) is 29.4. The van der Waals surface area contributed by atoms with Crippen LogP contribution in [-0.4, -0.2) is 116 Å². The van der Waals surface area contributed by atoms with Gasteiger partial charge in [0.15, 0.2) is 35.4 Å². The van der Waals surface area contributed by atoms with E-state index < -0.39 is 114 Å². The van der Waals surface area contributed by atoms with E-state index in [4.69, 9.17) is 18.9 Å². The number of hydrogen-bond donors (Lipinski definition) is 13. The van der Waals surface area contributed by atoms with Crippen LogP contribution in [0.25, 0.3) is 0 Å². The molecule has 10 atom stereocenters. The van der Waals surface area contributed by atoms with Gasteiger partial charge in [0.25, 0.3) is 0 Å². The monoisotopic (exact) mass is 740 g/mol. The van der Waals surface area contributed by atoms with E-state index in [1.165, 1.54) is 18.2 Å². The topological polar surface area (TPSA) is 300 Å². The van der Waals surface area contributed by atoms with E-state index in [9.17, 15) is 66.4 Å². The van der Waals surface area contributed by atoms with E-state index in [0.717, 1.165) is 36.4 Å². The molecule has 53 heavy (non-hydrogen) atoms. The van der Waals surface area contributed by atoms with Gasteiger partial charge in [-0.1, -0.05) is 12.1 Å². The van der Waals surface area contributed by atoms with Gasteiger partial charge in [-0.2, -0.15) is 0 Å². The third kappa shape index (κ3) is 6.17. The van der Waals surface area contributed by atoms with Crippen LogP contribution in [0.4, 0.5) is 0 Å². The van der Waals surface area contributed by atoms with Crippen molar-refractivity contribution in [1.82, 2.24) is 0 Å². The smallest absolute Gasteiger partial charge is 0.187 e. The van der Waals surface area contributed by atoms with Gasteiger partial charge < -0.3 is 85.3 Å². The van der Waals surface area contributed by atoms with Gasteiger partial charge in [0.2, 0.25) is 0 Å². The lowest BCUT2D eigenvalue weighted by molar-refractivity contribution is -0.318. The molecule has 0 aliphatic carbocycles. The molecule has 0 bridgehead atoms. The summed E-state index contributed by atoms with van der Waals surface area (Å²) < 4.78 is 24.6. The number of phenolic OH excluding ortho intramolecular Hbond substituents is 8. The van der Waals surface area contributed by atoms with Crippen LogP contribution in [-0.2, 0) is 15.9 Å². The van der Waals surface area contributed by atoms with Crippen molar-refractivity contribution >= 4 is 0 Å². The highest BCUT2D eigenvalue weighted by atomic mass is 16.7. The lowest BCUT2D eigenvalue weighted by Gasteiger charge is -2.46. The molecule has 17 nitrogen and oxygen atoms in total.